The second-order valence-electron chi connectivity index (χ2n) is 5.53. The third-order valence-electron chi connectivity index (χ3n) is 3.16. The molecule has 0 unspecified atom stereocenters. The second kappa shape index (κ2) is 8.12. The van der Waals surface area contributed by atoms with Crippen LogP contribution >= 0.6 is 0 Å². The van der Waals surface area contributed by atoms with Gasteiger partial charge >= 0.3 is 5.97 Å². The molecule has 0 saturated carbocycles. The molecule has 122 valence electrons. The first-order valence-corrected chi connectivity index (χ1v) is 7.48. The fourth-order valence-electron chi connectivity index (χ4n) is 1.82. The number of rotatable bonds is 7. The Labute approximate surface area is 134 Å². The van der Waals surface area contributed by atoms with Gasteiger partial charge in [0, 0.05) is 24.7 Å². The molecule has 2 aromatic rings. The number of nitrogens with one attached hydrogen (secondary N) is 1. The Morgan fingerprint density at radius 1 is 1.30 bits per heavy atom. The number of aromatic amines is 1. The molecule has 2 rings (SSSR count). The molecule has 6 heteroatoms. The van der Waals surface area contributed by atoms with E-state index >= 15 is 0 Å². The van der Waals surface area contributed by atoms with Crippen molar-refractivity contribution < 1.29 is 14.3 Å². The monoisotopic (exact) mass is 316 g/mol. The number of H-pyrrole nitrogens is 1. The number of ether oxygens (including phenoxy) is 2. The van der Waals surface area contributed by atoms with E-state index in [1.165, 1.54) is 24.7 Å². The minimum atomic E-state index is -0.467. The van der Waals surface area contributed by atoms with Crippen LogP contribution in [0.3, 0.4) is 0 Å². The SMILES string of the molecule is CC(C)CCOc1c[nH]c(COC(=O)c2ccncc2)cc1=O. The molecule has 0 aliphatic heterocycles. The van der Waals surface area contributed by atoms with E-state index in [0.29, 0.717) is 23.8 Å². The standard InChI is InChI=1S/C17H20N2O4/c1-12(2)5-8-22-16-10-19-14(9-15(16)20)11-23-17(21)13-3-6-18-7-4-13/h3-4,6-7,9-10,12H,5,8,11H2,1-2H3,(H,19,20). The van der Waals surface area contributed by atoms with Crippen molar-refractivity contribution in [3.05, 3.63) is 58.3 Å². The van der Waals surface area contributed by atoms with Crippen molar-refractivity contribution in [1.82, 2.24) is 9.97 Å². The van der Waals surface area contributed by atoms with Gasteiger partial charge in [0.15, 0.2) is 5.75 Å². The molecule has 0 fully saturated rings. The summed E-state index contributed by atoms with van der Waals surface area (Å²) < 4.78 is 10.6. The van der Waals surface area contributed by atoms with Crippen molar-refractivity contribution in [3.63, 3.8) is 0 Å². The van der Waals surface area contributed by atoms with E-state index in [1.807, 2.05) is 0 Å². The first-order chi connectivity index (χ1) is 11.1. The molecule has 23 heavy (non-hydrogen) atoms. The van der Waals surface area contributed by atoms with E-state index in [0.717, 1.165) is 6.42 Å². The lowest BCUT2D eigenvalue weighted by Crippen LogP contribution is -2.13. The van der Waals surface area contributed by atoms with Gasteiger partial charge in [0.05, 0.1) is 17.9 Å². The highest BCUT2D eigenvalue weighted by Crippen LogP contribution is 2.07. The van der Waals surface area contributed by atoms with Crippen molar-refractivity contribution in [1.29, 1.82) is 0 Å². The molecular formula is C17H20N2O4. The average Bonchev–Trinajstić information content (AvgIpc) is 2.55. The first kappa shape index (κ1) is 16.7. The van der Waals surface area contributed by atoms with Gasteiger partial charge in [-0.25, -0.2) is 4.79 Å². The van der Waals surface area contributed by atoms with Crippen molar-refractivity contribution in [2.24, 2.45) is 5.92 Å². The van der Waals surface area contributed by atoms with Crippen molar-refractivity contribution in [3.8, 4) is 5.75 Å². The highest BCUT2D eigenvalue weighted by molar-refractivity contribution is 5.89. The summed E-state index contributed by atoms with van der Waals surface area (Å²) in [5.74, 6) is 0.321. The average molecular weight is 316 g/mol. The number of carbonyl (C=O) groups is 1. The van der Waals surface area contributed by atoms with Crippen LogP contribution in [0.2, 0.25) is 0 Å². The lowest BCUT2D eigenvalue weighted by molar-refractivity contribution is 0.0467. The molecule has 0 aromatic carbocycles. The highest BCUT2D eigenvalue weighted by Gasteiger charge is 2.08. The van der Waals surface area contributed by atoms with Crippen molar-refractivity contribution >= 4 is 5.97 Å². The number of hydrogen-bond acceptors (Lipinski definition) is 5. The van der Waals surface area contributed by atoms with Crippen LogP contribution in [0.4, 0.5) is 0 Å². The fraction of sp³-hybridized carbons (Fsp3) is 0.353. The zero-order valence-corrected chi connectivity index (χ0v) is 13.2. The summed E-state index contributed by atoms with van der Waals surface area (Å²) in [5, 5.41) is 0. The normalized spacial score (nSPS) is 10.6. The maximum Gasteiger partial charge on any atom is 0.338 e. The molecule has 0 saturated heterocycles. The number of hydrogen-bond donors (Lipinski definition) is 1. The molecule has 1 N–H and O–H groups in total. The Balaban J connectivity index is 1.90. The molecule has 0 spiro atoms. The summed E-state index contributed by atoms with van der Waals surface area (Å²) in [4.78, 5) is 30.5. The minimum Gasteiger partial charge on any atom is -0.488 e. The van der Waals surface area contributed by atoms with E-state index in [4.69, 9.17) is 9.47 Å². The van der Waals surface area contributed by atoms with Crippen LogP contribution in [0.25, 0.3) is 0 Å². The van der Waals surface area contributed by atoms with Gasteiger partial charge in [-0.05, 0) is 24.5 Å². The summed E-state index contributed by atoms with van der Waals surface area (Å²) >= 11 is 0. The van der Waals surface area contributed by atoms with Crippen LogP contribution in [-0.4, -0.2) is 22.5 Å². The van der Waals surface area contributed by atoms with Crippen LogP contribution in [0.1, 0.15) is 36.3 Å². The maximum absolute atomic E-state index is 11.9. The second-order valence-corrected chi connectivity index (χ2v) is 5.53. The number of pyridine rings is 2. The van der Waals surface area contributed by atoms with E-state index in [-0.39, 0.29) is 17.8 Å². The lowest BCUT2D eigenvalue weighted by Gasteiger charge is -2.08. The van der Waals surface area contributed by atoms with E-state index in [2.05, 4.69) is 23.8 Å². The van der Waals surface area contributed by atoms with Gasteiger partial charge in [-0.1, -0.05) is 13.8 Å². The lowest BCUT2D eigenvalue weighted by atomic mass is 10.1. The number of nitrogens with zero attached hydrogens (tertiary/aromatic N) is 1. The summed E-state index contributed by atoms with van der Waals surface area (Å²) in [5.41, 5.74) is 0.687. The van der Waals surface area contributed by atoms with E-state index in [1.54, 1.807) is 12.1 Å². The highest BCUT2D eigenvalue weighted by atomic mass is 16.5. The van der Waals surface area contributed by atoms with Gasteiger partial charge in [0.1, 0.15) is 6.61 Å². The Morgan fingerprint density at radius 3 is 2.70 bits per heavy atom. The van der Waals surface area contributed by atoms with Crippen LogP contribution in [-0.2, 0) is 11.3 Å². The fourth-order valence-corrected chi connectivity index (χ4v) is 1.82. The summed E-state index contributed by atoms with van der Waals surface area (Å²) in [6.07, 6.45) is 5.41. The summed E-state index contributed by atoms with van der Waals surface area (Å²) in [6, 6.07) is 4.51. The minimum absolute atomic E-state index is 0.0112. The van der Waals surface area contributed by atoms with Crippen molar-refractivity contribution in [2.75, 3.05) is 6.61 Å². The number of esters is 1. The van der Waals surface area contributed by atoms with Gasteiger partial charge in [-0.15, -0.1) is 0 Å². The molecule has 0 aliphatic rings. The van der Waals surface area contributed by atoms with Crippen LogP contribution in [0.5, 0.6) is 5.75 Å². The van der Waals surface area contributed by atoms with Gasteiger partial charge in [-0.3, -0.25) is 9.78 Å². The molecule has 0 bridgehead atoms. The Morgan fingerprint density at radius 2 is 2.04 bits per heavy atom. The number of carbonyl (C=O) groups excluding carboxylic acids is 1. The van der Waals surface area contributed by atoms with E-state index in [9.17, 15) is 9.59 Å². The predicted octanol–water partition coefficient (Wildman–Crippen LogP) is 2.55. The van der Waals surface area contributed by atoms with Crippen LogP contribution in [0.15, 0.2) is 41.6 Å². The summed E-state index contributed by atoms with van der Waals surface area (Å²) in [6.45, 7) is 4.67. The first-order valence-electron chi connectivity index (χ1n) is 7.48. The topological polar surface area (TPSA) is 81.3 Å². The molecular weight excluding hydrogens is 296 g/mol. The Hall–Kier alpha value is -2.63. The molecule has 0 amide bonds. The van der Waals surface area contributed by atoms with Gasteiger partial charge in [-0.2, -0.15) is 0 Å². The maximum atomic E-state index is 11.9. The molecule has 6 nitrogen and oxygen atoms in total. The van der Waals surface area contributed by atoms with Crippen LogP contribution < -0.4 is 10.2 Å². The molecule has 0 radical (unpaired) electrons. The number of aromatic nitrogens is 2. The molecule has 0 atom stereocenters. The van der Waals surface area contributed by atoms with Crippen LogP contribution in [0, 0.1) is 5.92 Å². The largest absolute Gasteiger partial charge is 0.488 e. The summed E-state index contributed by atoms with van der Waals surface area (Å²) in [7, 11) is 0. The quantitative estimate of drug-likeness (QED) is 0.794. The zero-order chi connectivity index (χ0) is 16.7. The van der Waals surface area contributed by atoms with Gasteiger partial charge in [0.2, 0.25) is 5.43 Å². The Kier molecular flexibility index (Phi) is 5.91. The van der Waals surface area contributed by atoms with Gasteiger partial charge in [0.25, 0.3) is 0 Å². The van der Waals surface area contributed by atoms with E-state index < -0.39 is 5.97 Å². The predicted molar refractivity (Wildman–Crippen MR) is 85.4 cm³/mol. The third kappa shape index (κ3) is 5.25. The molecule has 0 aliphatic carbocycles. The van der Waals surface area contributed by atoms with Crippen molar-refractivity contribution in [2.45, 2.75) is 26.9 Å². The zero-order valence-electron chi connectivity index (χ0n) is 13.2. The smallest absolute Gasteiger partial charge is 0.338 e. The molecule has 2 aromatic heterocycles. The third-order valence-corrected chi connectivity index (χ3v) is 3.16. The van der Waals surface area contributed by atoms with Gasteiger partial charge < -0.3 is 14.5 Å². The molecule has 2 heterocycles. The Bertz CT molecular complexity index is 695.